The lowest BCUT2D eigenvalue weighted by Crippen LogP contribution is -2.36. The molecular formula is C3H9BO2Si. The van der Waals surface area contributed by atoms with Crippen molar-refractivity contribution in [2.24, 2.45) is 0 Å². The normalized spacial score (nSPS) is 11.9. The van der Waals surface area contributed by atoms with Crippen LogP contribution in [0.1, 0.15) is 0 Å². The standard InChI is InChI=1S/C3H9BO2Si/c1-5-7(3,4)6-2/h1-3H3. The van der Waals surface area contributed by atoms with Gasteiger partial charge >= 0.3 is 0 Å². The van der Waals surface area contributed by atoms with E-state index in [1.165, 1.54) is 0 Å². The highest BCUT2D eigenvalue weighted by Gasteiger charge is 2.17. The predicted molar refractivity (Wildman–Crippen MR) is 31.4 cm³/mol. The minimum atomic E-state index is -2.15. The molecule has 0 amide bonds. The Morgan fingerprint density at radius 3 is 1.57 bits per heavy atom. The highest BCUT2D eigenvalue weighted by molar-refractivity contribution is 7.08. The van der Waals surface area contributed by atoms with Gasteiger partial charge in [-0.05, 0) is 6.55 Å². The van der Waals surface area contributed by atoms with Crippen LogP contribution in [-0.2, 0) is 8.85 Å². The van der Waals surface area contributed by atoms with Crippen molar-refractivity contribution in [3.63, 3.8) is 0 Å². The molecule has 4 heteroatoms. The molecule has 0 aliphatic rings. The van der Waals surface area contributed by atoms with Gasteiger partial charge in [-0.2, -0.15) is 0 Å². The lowest BCUT2D eigenvalue weighted by atomic mass is 10.7. The molecule has 0 heterocycles. The third kappa shape index (κ3) is 2.85. The van der Waals surface area contributed by atoms with Gasteiger partial charge in [-0.1, -0.05) is 0 Å². The van der Waals surface area contributed by atoms with Gasteiger partial charge in [0.05, 0.1) is 0 Å². The largest absolute Gasteiger partial charge is 0.404 e. The third-order valence-electron chi connectivity index (χ3n) is 0.811. The molecule has 0 bridgehead atoms. The van der Waals surface area contributed by atoms with E-state index < -0.39 is 8.43 Å². The summed E-state index contributed by atoms with van der Waals surface area (Å²) in [5, 5.41) is 0. The molecule has 0 saturated carbocycles. The monoisotopic (exact) mass is 116 g/mol. The van der Waals surface area contributed by atoms with Gasteiger partial charge in [-0.15, -0.1) is 0 Å². The molecule has 0 aliphatic carbocycles. The van der Waals surface area contributed by atoms with Crippen LogP contribution in [0.3, 0.4) is 0 Å². The Bertz CT molecular complexity index is 50.9. The Morgan fingerprint density at radius 2 is 1.57 bits per heavy atom. The zero-order valence-electron chi connectivity index (χ0n) is 4.89. The van der Waals surface area contributed by atoms with E-state index in [1.54, 1.807) is 20.8 Å². The van der Waals surface area contributed by atoms with Crippen LogP contribution in [0, 0.1) is 0 Å². The molecular weight excluding hydrogens is 107 g/mol. The molecule has 0 unspecified atom stereocenters. The van der Waals surface area contributed by atoms with Crippen LogP contribution in [0.5, 0.6) is 0 Å². The van der Waals surface area contributed by atoms with Crippen LogP contribution in [0.4, 0.5) is 0 Å². The molecule has 0 aromatic carbocycles. The van der Waals surface area contributed by atoms with Crippen molar-refractivity contribution < 1.29 is 8.85 Å². The fourth-order valence-corrected chi connectivity index (χ4v) is 0.250. The summed E-state index contributed by atoms with van der Waals surface area (Å²) in [7, 11) is 6.36. The second-order valence-corrected chi connectivity index (χ2v) is 4.27. The lowest BCUT2D eigenvalue weighted by molar-refractivity contribution is 0.273. The van der Waals surface area contributed by atoms with E-state index in [0.717, 1.165) is 0 Å². The fraction of sp³-hybridized carbons (Fsp3) is 1.00. The third-order valence-corrected chi connectivity index (χ3v) is 2.43. The van der Waals surface area contributed by atoms with Crippen molar-refractivity contribution in [2.75, 3.05) is 14.2 Å². The topological polar surface area (TPSA) is 18.5 Å². The highest BCUT2D eigenvalue weighted by Crippen LogP contribution is 1.94. The molecule has 0 N–H and O–H groups in total. The molecule has 2 nitrogen and oxygen atoms in total. The quantitative estimate of drug-likeness (QED) is 0.473. The molecule has 2 radical (unpaired) electrons. The first-order chi connectivity index (χ1) is 3.12. The molecule has 0 spiro atoms. The average Bonchev–Trinajstić information content (AvgIpc) is 1.68. The molecule has 7 heavy (non-hydrogen) atoms. The zero-order valence-corrected chi connectivity index (χ0v) is 5.89. The predicted octanol–water partition coefficient (Wildman–Crippen LogP) is 0.0164. The van der Waals surface area contributed by atoms with Gasteiger partial charge in [0.15, 0.2) is 0 Å². The van der Waals surface area contributed by atoms with Crippen molar-refractivity contribution in [3.8, 4) is 0 Å². The SMILES string of the molecule is [B][Si](C)(OC)OC. The van der Waals surface area contributed by atoms with Crippen molar-refractivity contribution >= 4 is 15.9 Å². The Hall–Kier alpha value is 0.202. The summed E-state index contributed by atoms with van der Waals surface area (Å²) >= 11 is 0. The maximum absolute atomic E-state index is 5.41. The van der Waals surface area contributed by atoms with Gasteiger partial charge in [-0.3, -0.25) is 0 Å². The summed E-state index contributed by atoms with van der Waals surface area (Å²) in [6.07, 6.45) is 0. The summed E-state index contributed by atoms with van der Waals surface area (Å²) in [5.41, 5.74) is 0. The average molecular weight is 116 g/mol. The highest BCUT2D eigenvalue weighted by atomic mass is 28.4. The number of hydrogen-bond acceptors (Lipinski definition) is 2. The summed E-state index contributed by atoms with van der Waals surface area (Å²) in [5.74, 6) is 0. The molecule has 0 aliphatic heterocycles. The van der Waals surface area contributed by atoms with Crippen molar-refractivity contribution in [1.29, 1.82) is 0 Å². The van der Waals surface area contributed by atoms with Crippen molar-refractivity contribution in [1.82, 2.24) is 0 Å². The zero-order chi connectivity index (χ0) is 5.91. The molecule has 40 valence electrons. The minimum absolute atomic E-state index is 1.55. The second-order valence-electron chi connectivity index (χ2n) is 1.42. The van der Waals surface area contributed by atoms with E-state index in [2.05, 4.69) is 0 Å². The Balaban J connectivity index is 3.36. The van der Waals surface area contributed by atoms with Gasteiger partial charge in [-0.25, -0.2) is 0 Å². The van der Waals surface area contributed by atoms with E-state index in [9.17, 15) is 0 Å². The van der Waals surface area contributed by atoms with Crippen LogP contribution in [0.25, 0.3) is 0 Å². The van der Waals surface area contributed by atoms with E-state index in [1.807, 2.05) is 0 Å². The molecule has 0 saturated heterocycles. The van der Waals surface area contributed by atoms with Gasteiger partial charge in [0.1, 0.15) is 7.44 Å². The van der Waals surface area contributed by atoms with Crippen LogP contribution in [0.2, 0.25) is 6.55 Å². The van der Waals surface area contributed by atoms with E-state index in [-0.39, 0.29) is 0 Å². The fourth-order valence-electron chi connectivity index (χ4n) is 0.0833. The molecule has 0 atom stereocenters. The van der Waals surface area contributed by atoms with Crippen molar-refractivity contribution in [3.05, 3.63) is 0 Å². The maximum atomic E-state index is 5.41. The Kier molecular flexibility index (Phi) is 2.57. The molecule has 0 aromatic rings. The Morgan fingerprint density at radius 1 is 1.29 bits per heavy atom. The summed E-state index contributed by atoms with van der Waals surface area (Å²) < 4.78 is 9.56. The summed E-state index contributed by atoms with van der Waals surface area (Å²) in [4.78, 5) is 0. The van der Waals surface area contributed by atoms with Gasteiger partial charge in [0.25, 0.3) is 8.43 Å². The number of hydrogen-bond donors (Lipinski definition) is 0. The first kappa shape index (κ1) is 7.20. The molecule has 0 aromatic heterocycles. The van der Waals surface area contributed by atoms with E-state index in [0.29, 0.717) is 0 Å². The van der Waals surface area contributed by atoms with Gasteiger partial charge in [0, 0.05) is 14.2 Å². The smallest absolute Gasteiger partial charge is 0.271 e. The number of rotatable bonds is 2. The second kappa shape index (κ2) is 2.49. The minimum Gasteiger partial charge on any atom is -0.404 e. The Labute approximate surface area is 46.4 Å². The molecule has 0 rings (SSSR count). The maximum Gasteiger partial charge on any atom is 0.271 e. The first-order valence-electron chi connectivity index (χ1n) is 2.01. The first-order valence-corrected chi connectivity index (χ1v) is 4.41. The van der Waals surface area contributed by atoms with Crippen molar-refractivity contribution in [2.45, 2.75) is 6.55 Å². The summed E-state index contributed by atoms with van der Waals surface area (Å²) in [6.45, 7) is 1.77. The summed E-state index contributed by atoms with van der Waals surface area (Å²) in [6, 6.07) is 0. The van der Waals surface area contributed by atoms with Gasteiger partial charge in [0.2, 0.25) is 0 Å². The van der Waals surface area contributed by atoms with E-state index in [4.69, 9.17) is 16.3 Å². The van der Waals surface area contributed by atoms with E-state index >= 15 is 0 Å². The van der Waals surface area contributed by atoms with Gasteiger partial charge < -0.3 is 8.85 Å². The van der Waals surface area contributed by atoms with Crippen LogP contribution in [-0.4, -0.2) is 30.1 Å². The van der Waals surface area contributed by atoms with Crippen LogP contribution < -0.4 is 0 Å². The van der Waals surface area contributed by atoms with Crippen LogP contribution in [0.15, 0.2) is 0 Å². The molecule has 0 fully saturated rings. The lowest BCUT2D eigenvalue weighted by Gasteiger charge is -2.16. The van der Waals surface area contributed by atoms with Crippen LogP contribution >= 0.6 is 0 Å².